The van der Waals surface area contributed by atoms with E-state index in [4.69, 9.17) is 11.7 Å². The fourth-order valence-electron chi connectivity index (χ4n) is 6.60. The van der Waals surface area contributed by atoms with Gasteiger partial charge in [0.1, 0.15) is 0 Å². The molecule has 8 aromatic rings. The first-order chi connectivity index (χ1) is 21.0. The van der Waals surface area contributed by atoms with E-state index in [2.05, 4.69) is 129 Å². The van der Waals surface area contributed by atoms with Crippen molar-refractivity contribution in [2.75, 3.05) is 11.7 Å². The van der Waals surface area contributed by atoms with Crippen molar-refractivity contribution in [3.05, 3.63) is 140 Å². The van der Waals surface area contributed by atoms with Crippen molar-refractivity contribution in [1.29, 1.82) is 0 Å². The van der Waals surface area contributed by atoms with Gasteiger partial charge in [0.25, 0.3) is 0 Å². The lowest BCUT2D eigenvalue weighted by Gasteiger charge is -2.17. The molecule has 6 aromatic carbocycles. The number of nitrogens with zero attached hydrogens (tertiary/aromatic N) is 2. The van der Waals surface area contributed by atoms with Crippen LogP contribution in [0.1, 0.15) is 18.4 Å². The lowest BCUT2D eigenvalue weighted by atomic mass is 9.93. The van der Waals surface area contributed by atoms with Crippen LogP contribution in [0.25, 0.3) is 77.0 Å². The Kier molecular flexibility index (Phi) is 5.60. The number of fused-ring (bicyclic) bond motifs is 6. The quantitative estimate of drug-likeness (QED) is 0.168. The Labute approximate surface area is 250 Å². The Morgan fingerprint density at radius 2 is 0.953 bits per heavy atom. The van der Waals surface area contributed by atoms with Crippen molar-refractivity contribution in [3.63, 3.8) is 0 Å². The number of nitrogens with two attached hydrogens (primary N) is 2. The van der Waals surface area contributed by atoms with Crippen molar-refractivity contribution >= 4 is 43.6 Å². The summed E-state index contributed by atoms with van der Waals surface area (Å²) in [6, 6.07) is 45.1. The monoisotopic (exact) mass is 555 g/mol. The highest BCUT2D eigenvalue weighted by atomic mass is 15.3. The maximum atomic E-state index is 6.79. The van der Waals surface area contributed by atoms with E-state index in [1.165, 1.54) is 16.7 Å². The topological polar surface area (TPSA) is 61.9 Å². The maximum Gasteiger partial charge on any atom is 0.0712 e. The summed E-state index contributed by atoms with van der Waals surface area (Å²) in [6.07, 6.45) is 0. The minimum Gasteiger partial charge on any atom is -0.339 e. The van der Waals surface area contributed by atoms with Gasteiger partial charge < -0.3 is 18.6 Å². The number of rotatable bonds is 4. The molecule has 0 bridgehead atoms. The summed E-state index contributed by atoms with van der Waals surface area (Å²) in [4.78, 5) is 0. The van der Waals surface area contributed by atoms with E-state index < -0.39 is 0 Å². The summed E-state index contributed by atoms with van der Waals surface area (Å²) >= 11 is 0. The third-order valence-corrected chi connectivity index (χ3v) is 8.83. The molecule has 0 aliphatic carbocycles. The zero-order valence-corrected chi connectivity index (χ0v) is 24.0. The first kappa shape index (κ1) is 25.2. The number of nitrogen functional groups attached to an aromatic ring is 2. The Bertz CT molecular complexity index is 2320. The van der Waals surface area contributed by atoms with Gasteiger partial charge in [-0.1, -0.05) is 97.9 Å². The van der Waals surface area contributed by atoms with Crippen LogP contribution >= 0.6 is 0 Å². The molecule has 0 aliphatic rings. The first-order valence-corrected chi connectivity index (χ1v) is 14.6. The molecule has 4 heteroatoms. The molecule has 4 nitrogen and oxygen atoms in total. The number of para-hydroxylation sites is 1. The number of aromatic nitrogens is 2. The van der Waals surface area contributed by atoms with Crippen LogP contribution in [0.4, 0.5) is 0 Å². The number of hydrogen-bond donors (Lipinski definition) is 2. The van der Waals surface area contributed by atoms with Crippen molar-refractivity contribution in [2.45, 2.75) is 12.8 Å². The molecule has 0 amide bonds. The predicted octanol–water partition coefficient (Wildman–Crippen LogP) is 9.27. The molecule has 0 saturated carbocycles. The van der Waals surface area contributed by atoms with Crippen molar-refractivity contribution in [3.8, 4) is 33.4 Å². The summed E-state index contributed by atoms with van der Waals surface area (Å²) in [6.45, 7) is 6.53. The lowest BCUT2D eigenvalue weighted by Crippen LogP contribution is -2.09. The van der Waals surface area contributed by atoms with Crippen LogP contribution in [0.2, 0.25) is 0 Å². The molecule has 2 aromatic heterocycles. The van der Waals surface area contributed by atoms with Gasteiger partial charge in [-0.3, -0.25) is 9.35 Å². The van der Waals surface area contributed by atoms with E-state index in [0.717, 1.165) is 65.9 Å². The Morgan fingerprint density at radius 3 is 1.65 bits per heavy atom. The molecule has 208 valence electrons. The molecule has 0 radical (unpaired) electrons. The molecule has 0 unspecified atom stereocenters. The van der Waals surface area contributed by atoms with Gasteiger partial charge in [-0.2, -0.15) is 0 Å². The molecule has 0 fully saturated rings. The highest BCUT2D eigenvalue weighted by molar-refractivity contribution is 6.13. The van der Waals surface area contributed by atoms with E-state index >= 15 is 0 Å². The van der Waals surface area contributed by atoms with Crippen LogP contribution in [0.5, 0.6) is 0 Å². The highest BCUT2D eigenvalue weighted by Crippen LogP contribution is 2.40. The fraction of sp³-hybridized carbons (Fsp3) is 0.0513. The second-order valence-electron chi connectivity index (χ2n) is 11.5. The normalized spacial score (nSPS) is 12.5. The Morgan fingerprint density at radius 1 is 0.465 bits per heavy atom. The summed E-state index contributed by atoms with van der Waals surface area (Å²) in [5.74, 6) is 13.3. The SMILES string of the molecule is [CH2-][C@H](C)c1cc(-c2ccc3c(c2)c2ccccc2n3N)cc2c3cc(-c4ccc(-c5ccccc5)cc4)ccc3n(N)c12. The minimum absolute atomic E-state index is 0.0498. The molecular weight excluding hydrogens is 524 g/mol. The summed E-state index contributed by atoms with van der Waals surface area (Å²) < 4.78 is 3.61. The van der Waals surface area contributed by atoms with E-state index in [9.17, 15) is 0 Å². The van der Waals surface area contributed by atoms with Gasteiger partial charge in [0, 0.05) is 21.5 Å². The van der Waals surface area contributed by atoms with Gasteiger partial charge >= 0.3 is 0 Å². The van der Waals surface area contributed by atoms with Gasteiger partial charge in [-0.05, 0) is 75.3 Å². The predicted molar refractivity (Wildman–Crippen MR) is 183 cm³/mol. The first-order valence-electron chi connectivity index (χ1n) is 14.6. The molecule has 8 rings (SSSR count). The zero-order chi connectivity index (χ0) is 29.2. The minimum atomic E-state index is 0.0498. The van der Waals surface area contributed by atoms with Crippen molar-refractivity contribution in [2.24, 2.45) is 0 Å². The molecule has 43 heavy (non-hydrogen) atoms. The van der Waals surface area contributed by atoms with Gasteiger partial charge in [-0.15, -0.1) is 5.92 Å². The van der Waals surface area contributed by atoms with Crippen LogP contribution in [-0.2, 0) is 0 Å². The fourth-order valence-corrected chi connectivity index (χ4v) is 6.60. The number of benzene rings is 6. The van der Waals surface area contributed by atoms with Crippen molar-refractivity contribution in [1.82, 2.24) is 9.35 Å². The van der Waals surface area contributed by atoms with Gasteiger partial charge in [0.2, 0.25) is 0 Å². The van der Waals surface area contributed by atoms with Crippen LogP contribution < -0.4 is 11.7 Å². The van der Waals surface area contributed by atoms with Crippen molar-refractivity contribution < 1.29 is 0 Å². The average molecular weight is 556 g/mol. The Balaban J connectivity index is 1.31. The zero-order valence-electron chi connectivity index (χ0n) is 24.0. The van der Waals surface area contributed by atoms with E-state index in [0.29, 0.717) is 0 Å². The van der Waals surface area contributed by atoms with Gasteiger partial charge in [0.15, 0.2) is 0 Å². The maximum absolute atomic E-state index is 6.79. The third kappa shape index (κ3) is 3.91. The summed E-state index contributed by atoms with van der Waals surface area (Å²) in [5, 5.41) is 4.55. The van der Waals surface area contributed by atoms with E-state index in [-0.39, 0.29) is 5.92 Å². The molecule has 4 N–H and O–H groups in total. The van der Waals surface area contributed by atoms with Crippen LogP contribution in [0.3, 0.4) is 0 Å². The lowest BCUT2D eigenvalue weighted by molar-refractivity contribution is 0.959. The molecule has 2 heterocycles. The van der Waals surface area contributed by atoms with E-state index in [1.54, 1.807) is 4.68 Å². The van der Waals surface area contributed by atoms with Crippen LogP contribution in [0.15, 0.2) is 127 Å². The second-order valence-corrected chi connectivity index (χ2v) is 11.5. The van der Waals surface area contributed by atoms with Crippen LogP contribution in [-0.4, -0.2) is 9.35 Å². The van der Waals surface area contributed by atoms with Crippen LogP contribution in [0, 0.1) is 6.92 Å². The highest BCUT2D eigenvalue weighted by Gasteiger charge is 2.17. The molecular formula is C39H31N4-. The summed E-state index contributed by atoms with van der Waals surface area (Å²) in [7, 11) is 0. The van der Waals surface area contributed by atoms with Gasteiger partial charge in [0.05, 0.1) is 22.1 Å². The second kappa shape index (κ2) is 9.53. The molecule has 1 atom stereocenters. The largest absolute Gasteiger partial charge is 0.339 e. The molecule has 0 spiro atoms. The average Bonchev–Trinajstić information content (AvgIpc) is 3.51. The number of hydrogen-bond acceptors (Lipinski definition) is 2. The molecule has 0 saturated heterocycles. The van der Waals surface area contributed by atoms with Gasteiger partial charge in [-0.25, -0.2) is 0 Å². The Hall–Kier alpha value is -5.48. The molecule has 0 aliphatic heterocycles. The third-order valence-electron chi connectivity index (χ3n) is 8.83. The van der Waals surface area contributed by atoms with E-state index in [1.807, 2.05) is 16.8 Å². The standard InChI is InChI=1S/C39H31N4/c1-24(2)32-22-30(29-17-18-37-33(21-29)31-10-6-7-11-36(31)42(37)40)23-35-34-20-28(16-19-38(34)43(41)39(32)35)27-14-12-26(13-15-27)25-8-4-3-5-9-25/h3-24H,1,40-41H2,2H3/q-1/t24-/m1/s1. The smallest absolute Gasteiger partial charge is 0.0712 e. The summed E-state index contributed by atoms with van der Waals surface area (Å²) in [5.41, 5.74) is 12.2.